The molecule has 2 aromatic heterocycles. The summed E-state index contributed by atoms with van der Waals surface area (Å²) in [7, 11) is 3.59. The molecule has 6 nitrogen and oxygen atoms in total. The maximum absolute atomic E-state index is 12.9. The fourth-order valence-corrected chi connectivity index (χ4v) is 3.96. The zero-order valence-electron chi connectivity index (χ0n) is 16.2. The van der Waals surface area contributed by atoms with Crippen LogP contribution in [0, 0.1) is 6.92 Å². The number of fused-ring (bicyclic) bond motifs is 1. The largest absolute Gasteiger partial charge is 0.378 e. The number of aryl methyl sites for hydroxylation is 3. The molecule has 6 heteroatoms. The second-order valence-electron chi connectivity index (χ2n) is 7.44. The first-order chi connectivity index (χ1) is 12.4. The number of nitrogens with one attached hydrogen (secondary N) is 1. The molecule has 0 saturated heterocycles. The predicted octanol–water partition coefficient (Wildman–Crippen LogP) is 2.65. The fourth-order valence-electron chi connectivity index (χ4n) is 3.96. The Balaban J connectivity index is 1.76. The topological polar surface area (TPSA) is 65.3 Å². The third-order valence-corrected chi connectivity index (χ3v) is 5.29. The van der Waals surface area contributed by atoms with Crippen LogP contribution >= 0.6 is 0 Å². The van der Waals surface area contributed by atoms with Gasteiger partial charge in [-0.25, -0.2) is 0 Å². The fraction of sp³-hybridized carbons (Fsp3) is 0.600. The minimum atomic E-state index is -0.169. The number of hydrogen-bond acceptors (Lipinski definition) is 3. The van der Waals surface area contributed by atoms with Crippen molar-refractivity contribution in [3.05, 3.63) is 33.9 Å². The first kappa shape index (κ1) is 18.7. The highest BCUT2D eigenvalue weighted by atomic mass is 16.5. The van der Waals surface area contributed by atoms with E-state index >= 15 is 0 Å². The number of carbonyl (C=O) groups is 1. The van der Waals surface area contributed by atoms with E-state index < -0.39 is 0 Å². The van der Waals surface area contributed by atoms with E-state index in [0.29, 0.717) is 10.9 Å². The number of ether oxygens (including phenoxy) is 1. The molecular formula is C20H29N3O3. The highest BCUT2D eigenvalue weighted by Crippen LogP contribution is 2.24. The summed E-state index contributed by atoms with van der Waals surface area (Å²) in [6.45, 7) is 4.90. The van der Waals surface area contributed by atoms with Gasteiger partial charge in [-0.2, -0.15) is 0 Å². The van der Waals surface area contributed by atoms with Gasteiger partial charge in [0.15, 0.2) is 0 Å². The summed E-state index contributed by atoms with van der Waals surface area (Å²) >= 11 is 0. The van der Waals surface area contributed by atoms with Crippen molar-refractivity contribution in [1.29, 1.82) is 0 Å². The van der Waals surface area contributed by atoms with Gasteiger partial charge in [0.05, 0.1) is 22.6 Å². The minimum Gasteiger partial charge on any atom is -0.378 e. The van der Waals surface area contributed by atoms with Crippen LogP contribution in [0.25, 0.3) is 10.9 Å². The average molecular weight is 359 g/mol. The first-order valence-electron chi connectivity index (χ1n) is 9.50. The SMILES string of the molecule is CCCCO[C@H]1CC[C@@H](NC(=O)c2cn(C)c3c(C)cn(C)c(=O)c23)C1. The van der Waals surface area contributed by atoms with Crippen molar-refractivity contribution in [2.45, 2.75) is 58.1 Å². The molecule has 1 amide bonds. The van der Waals surface area contributed by atoms with Gasteiger partial charge in [0.25, 0.3) is 11.5 Å². The van der Waals surface area contributed by atoms with Gasteiger partial charge >= 0.3 is 0 Å². The van der Waals surface area contributed by atoms with Crippen LogP contribution in [-0.2, 0) is 18.8 Å². The van der Waals surface area contributed by atoms with E-state index in [9.17, 15) is 9.59 Å². The van der Waals surface area contributed by atoms with Crippen molar-refractivity contribution >= 4 is 16.8 Å². The third-order valence-electron chi connectivity index (χ3n) is 5.29. The second kappa shape index (κ2) is 7.66. The van der Waals surface area contributed by atoms with Gasteiger partial charge in [-0.15, -0.1) is 0 Å². The molecule has 1 aliphatic rings. The number of amides is 1. The van der Waals surface area contributed by atoms with Crippen molar-refractivity contribution in [2.24, 2.45) is 14.1 Å². The molecule has 0 aliphatic heterocycles. The molecule has 2 heterocycles. The standard InChI is InChI=1S/C20H29N3O3/c1-5-6-9-26-15-8-7-14(10-15)21-19(24)16-12-22(3)18-13(2)11-23(4)20(25)17(16)18/h11-12,14-15H,5-10H2,1-4H3,(H,21,24)/t14-,15+/m1/s1. The summed E-state index contributed by atoms with van der Waals surface area (Å²) in [6.07, 6.45) is 8.75. The number of unbranched alkanes of at least 4 members (excludes halogenated alkanes) is 1. The van der Waals surface area contributed by atoms with Crippen LogP contribution < -0.4 is 10.9 Å². The third kappa shape index (κ3) is 3.56. The summed E-state index contributed by atoms with van der Waals surface area (Å²) in [5.74, 6) is -0.169. The van der Waals surface area contributed by atoms with Gasteiger partial charge in [0, 0.05) is 39.1 Å². The zero-order chi connectivity index (χ0) is 18.8. The van der Waals surface area contributed by atoms with E-state index in [-0.39, 0.29) is 23.6 Å². The van der Waals surface area contributed by atoms with Crippen LogP contribution in [0.4, 0.5) is 0 Å². The van der Waals surface area contributed by atoms with Gasteiger partial charge in [0.1, 0.15) is 0 Å². The van der Waals surface area contributed by atoms with E-state index in [1.165, 1.54) is 0 Å². The number of nitrogens with zero attached hydrogens (tertiary/aromatic N) is 2. The van der Waals surface area contributed by atoms with Gasteiger partial charge in [-0.05, 0) is 38.2 Å². The summed E-state index contributed by atoms with van der Waals surface area (Å²) < 4.78 is 9.29. The second-order valence-corrected chi connectivity index (χ2v) is 7.44. The Kier molecular flexibility index (Phi) is 5.51. The van der Waals surface area contributed by atoms with E-state index in [2.05, 4.69) is 12.2 Å². The molecule has 1 fully saturated rings. The Morgan fingerprint density at radius 2 is 2.04 bits per heavy atom. The zero-order valence-corrected chi connectivity index (χ0v) is 16.2. The van der Waals surface area contributed by atoms with Crippen molar-refractivity contribution in [2.75, 3.05) is 6.61 Å². The van der Waals surface area contributed by atoms with Crippen LogP contribution in [0.1, 0.15) is 54.9 Å². The molecule has 0 aromatic carbocycles. The molecular weight excluding hydrogens is 330 g/mol. The number of rotatable bonds is 6. The lowest BCUT2D eigenvalue weighted by Crippen LogP contribution is -2.34. The Bertz CT molecular complexity index is 865. The quantitative estimate of drug-likeness (QED) is 0.807. The first-order valence-corrected chi connectivity index (χ1v) is 9.50. The molecule has 2 atom stereocenters. The summed E-state index contributed by atoms with van der Waals surface area (Å²) in [6, 6.07) is 0.109. The number of aromatic nitrogens is 2. The summed E-state index contributed by atoms with van der Waals surface area (Å²) in [4.78, 5) is 25.5. The van der Waals surface area contributed by atoms with Gasteiger partial charge in [-0.3, -0.25) is 9.59 Å². The van der Waals surface area contributed by atoms with Crippen LogP contribution in [0.15, 0.2) is 17.2 Å². The van der Waals surface area contributed by atoms with Gasteiger partial charge < -0.3 is 19.2 Å². The Labute approximate surface area is 154 Å². The molecule has 142 valence electrons. The molecule has 1 saturated carbocycles. The van der Waals surface area contributed by atoms with Crippen molar-refractivity contribution < 1.29 is 9.53 Å². The van der Waals surface area contributed by atoms with Crippen LogP contribution in [0.2, 0.25) is 0 Å². The number of carbonyl (C=O) groups excluding carboxylic acids is 1. The van der Waals surface area contributed by atoms with E-state index in [1.54, 1.807) is 17.8 Å². The lowest BCUT2D eigenvalue weighted by molar-refractivity contribution is 0.0546. The molecule has 0 unspecified atom stereocenters. The highest BCUT2D eigenvalue weighted by Gasteiger charge is 2.28. The number of hydrogen-bond donors (Lipinski definition) is 1. The van der Waals surface area contributed by atoms with Gasteiger partial charge in [0.2, 0.25) is 0 Å². The Hall–Kier alpha value is -2.08. The normalized spacial score (nSPS) is 20.0. The van der Waals surface area contributed by atoms with Gasteiger partial charge in [-0.1, -0.05) is 13.3 Å². The van der Waals surface area contributed by atoms with Crippen LogP contribution in [0.5, 0.6) is 0 Å². The lowest BCUT2D eigenvalue weighted by atomic mass is 10.1. The smallest absolute Gasteiger partial charge is 0.260 e. The van der Waals surface area contributed by atoms with Crippen molar-refractivity contribution in [1.82, 2.24) is 14.5 Å². The molecule has 0 radical (unpaired) electrons. The maximum atomic E-state index is 12.9. The molecule has 2 aromatic rings. The summed E-state index contributed by atoms with van der Waals surface area (Å²) in [5, 5.41) is 3.61. The molecule has 0 spiro atoms. The predicted molar refractivity (Wildman–Crippen MR) is 103 cm³/mol. The van der Waals surface area contributed by atoms with Crippen LogP contribution in [-0.4, -0.2) is 33.8 Å². The number of pyridine rings is 1. The Morgan fingerprint density at radius 1 is 1.27 bits per heavy atom. The molecule has 3 rings (SSSR count). The van der Waals surface area contributed by atoms with E-state index in [0.717, 1.165) is 49.8 Å². The highest BCUT2D eigenvalue weighted by molar-refractivity contribution is 6.07. The molecule has 0 bridgehead atoms. The lowest BCUT2D eigenvalue weighted by Gasteiger charge is -2.14. The molecule has 1 aliphatic carbocycles. The maximum Gasteiger partial charge on any atom is 0.260 e. The van der Waals surface area contributed by atoms with Crippen molar-refractivity contribution in [3.63, 3.8) is 0 Å². The van der Waals surface area contributed by atoms with E-state index in [4.69, 9.17) is 4.74 Å². The minimum absolute atomic E-state index is 0.109. The Morgan fingerprint density at radius 3 is 2.77 bits per heavy atom. The van der Waals surface area contributed by atoms with Crippen molar-refractivity contribution in [3.8, 4) is 0 Å². The average Bonchev–Trinajstić information content (AvgIpc) is 3.17. The monoisotopic (exact) mass is 359 g/mol. The van der Waals surface area contributed by atoms with E-state index in [1.807, 2.05) is 24.7 Å². The summed E-state index contributed by atoms with van der Waals surface area (Å²) in [5.41, 5.74) is 2.13. The van der Waals surface area contributed by atoms with Crippen LogP contribution in [0.3, 0.4) is 0 Å². The molecule has 1 N–H and O–H groups in total. The molecule has 26 heavy (non-hydrogen) atoms.